The molecule has 0 saturated heterocycles. The van der Waals surface area contributed by atoms with Crippen LogP contribution in [0.25, 0.3) is 0 Å². The van der Waals surface area contributed by atoms with Gasteiger partial charge in [0.25, 0.3) is 0 Å². The molecule has 0 aliphatic carbocycles. The number of nitrogens with one attached hydrogen (secondary N) is 2. The van der Waals surface area contributed by atoms with Crippen LogP contribution < -0.4 is 10.6 Å². The number of rotatable bonds is 8. The predicted octanol–water partition coefficient (Wildman–Crippen LogP) is 2.64. The number of nitrogens with zero attached hydrogens (tertiary/aromatic N) is 2. The molecule has 6 heteroatoms. The Hall–Kier alpha value is 0.310. The van der Waals surface area contributed by atoms with Crippen LogP contribution in [0.15, 0.2) is 4.99 Å². The number of halogens is 1. The van der Waals surface area contributed by atoms with E-state index in [0.29, 0.717) is 17.3 Å². The van der Waals surface area contributed by atoms with E-state index < -0.39 is 0 Å². The average Bonchev–Trinajstić information content (AvgIpc) is 2.36. The monoisotopic (exact) mass is 416 g/mol. The van der Waals surface area contributed by atoms with Gasteiger partial charge in [-0.1, -0.05) is 6.92 Å². The second-order valence-electron chi connectivity index (χ2n) is 5.35. The summed E-state index contributed by atoms with van der Waals surface area (Å²) in [5, 5.41) is 7.33. The first-order valence-electron chi connectivity index (χ1n) is 7.15. The fourth-order valence-electron chi connectivity index (χ4n) is 1.96. The van der Waals surface area contributed by atoms with Crippen LogP contribution >= 0.6 is 35.7 Å². The first kappa shape index (κ1) is 22.6. The van der Waals surface area contributed by atoms with Gasteiger partial charge in [-0.05, 0) is 34.0 Å². The molecule has 0 bridgehead atoms. The van der Waals surface area contributed by atoms with Crippen LogP contribution in [0.3, 0.4) is 0 Å². The zero-order valence-corrected chi connectivity index (χ0v) is 17.2. The van der Waals surface area contributed by atoms with Gasteiger partial charge in [0, 0.05) is 44.0 Å². The quantitative estimate of drug-likeness (QED) is 0.363. The van der Waals surface area contributed by atoms with Crippen LogP contribution in [0.5, 0.6) is 0 Å². The molecular formula is C14H33IN4S. The van der Waals surface area contributed by atoms with E-state index in [-0.39, 0.29) is 24.0 Å². The van der Waals surface area contributed by atoms with E-state index in [9.17, 15) is 0 Å². The SMILES string of the molecule is CN=C(NCCN(C(C)C)C(C)C)NCC(C)SC.I. The minimum Gasteiger partial charge on any atom is -0.355 e. The second kappa shape index (κ2) is 13.0. The molecule has 0 amide bonds. The molecule has 20 heavy (non-hydrogen) atoms. The van der Waals surface area contributed by atoms with Gasteiger partial charge in [-0.25, -0.2) is 0 Å². The maximum absolute atomic E-state index is 4.25. The highest BCUT2D eigenvalue weighted by Gasteiger charge is 2.12. The molecule has 0 saturated carbocycles. The lowest BCUT2D eigenvalue weighted by atomic mass is 10.2. The summed E-state index contributed by atoms with van der Waals surface area (Å²) in [4.78, 5) is 6.72. The molecule has 2 N–H and O–H groups in total. The number of thioether (sulfide) groups is 1. The maximum atomic E-state index is 4.25. The Kier molecular flexibility index (Phi) is 14.7. The topological polar surface area (TPSA) is 39.7 Å². The smallest absolute Gasteiger partial charge is 0.191 e. The lowest BCUT2D eigenvalue weighted by Crippen LogP contribution is -2.46. The molecule has 0 spiro atoms. The van der Waals surface area contributed by atoms with Gasteiger partial charge in [0.2, 0.25) is 0 Å². The van der Waals surface area contributed by atoms with Crippen LogP contribution in [-0.4, -0.2) is 61.1 Å². The van der Waals surface area contributed by atoms with Gasteiger partial charge in [0.15, 0.2) is 5.96 Å². The average molecular weight is 416 g/mol. The standard InChI is InChI=1S/C14H32N4S.HI/c1-11(2)18(12(3)4)9-8-16-14(15-6)17-10-13(5)19-7;/h11-13H,8-10H2,1-7H3,(H2,15,16,17);1H. The van der Waals surface area contributed by atoms with Gasteiger partial charge in [-0.2, -0.15) is 11.8 Å². The van der Waals surface area contributed by atoms with Crippen LogP contribution in [0, 0.1) is 0 Å². The highest BCUT2D eigenvalue weighted by Crippen LogP contribution is 2.03. The third kappa shape index (κ3) is 10.1. The fraction of sp³-hybridized carbons (Fsp3) is 0.929. The van der Waals surface area contributed by atoms with E-state index in [2.05, 4.69) is 61.4 Å². The molecular weight excluding hydrogens is 383 g/mol. The Balaban J connectivity index is 0. The summed E-state index contributed by atoms with van der Waals surface area (Å²) < 4.78 is 0. The molecule has 1 atom stereocenters. The number of hydrogen-bond donors (Lipinski definition) is 2. The largest absolute Gasteiger partial charge is 0.355 e. The molecule has 0 rings (SSSR count). The van der Waals surface area contributed by atoms with E-state index in [0.717, 1.165) is 25.6 Å². The van der Waals surface area contributed by atoms with Gasteiger partial charge in [-0.3, -0.25) is 9.89 Å². The number of hydrogen-bond acceptors (Lipinski definition) is 3. The van der Waals surface area contributed by atoms with E-state index in [4.69, 9.17) is 0 Å². The molecule has 0 radical (unpaired) electrons. The molecule has 0 aromatic heterocycles. The second-order valence-corrected chi connectivity index (χ2v) is 6.63. The van der Waals surface area contributed by atoms with E-state index in [1.807, 2.05) is 18.8 Å². The first-order chi connectivity index (χ1) is 8.92. The van der Waals surface area contributed by atoms with Crippen molar-refractivity contribution in [1.82, 2.24) is 15.5 Å². The molecule has 0 aliphatic heterocycles. The molecule has 4 nitrogen and oxygen atoms in total. The van der Waals surface area contributed by atoms with Crippen LogP contribution in [0.2, 0.25) is 0 Å². The van der Waals surface area contributed by atoms with Gasteiger partial charge in [0.1, 0.15) is 0 Å². The maximum Gasteiger partial charge on any atom is 0.191 e. The number of guanidine groups is 1. The molecule has 0 aromatic carbocycles. The highest BCUT2D eigenvalue weighted by atomic mass is 127. The lowest BCUT2D eigenvalue weighted by molar-refractivity contribution is 0.178. The van der Waals surface area contributed by atoms with E-state index in [1.54, 1.807) is 0 Å². The van der Waals surface area contributed by atoms with Crippen molar-refractivity contribution in [3.8, 4) is 0 Å². The summed E-state index contributed by atoms with van der Waals surface area (Å²) in [6, 6.07) is 1.15. The summed E-state index contributed by atoms with van der Waals surface area (Å²) in [6.07, 6.45) is 2.13. The van der Waals surface area contributed by atoms with Crippen molar-refractivity contribution in [2.24, 2.45) is 4.99 Å². The Morgan fingerprint density at radius 3 is 2.05 bits per heavy atom. The van der Waals surface area contributed by atoms with Gasteiger partial charge in [-0.15, -0.1) is 24.0 Å². The summed E-state index contributed by atoms with van der Waals surface area (Å²) in [5.74, 6) is 0.897. The molecule has 0 aromatic rings. The van der Waals surface area contributed by atoms with Crippen LogP contribution in [-0.2, 0) is 0 Å². The fourth-order valence-corrected chi connectivity index (χ4v) is 2.21. The van der Waals surface area contributed by atoms with Crippen LogP contribution in [0.1, 0.15) is 34.6 Å². The summed E-state index contributed by atoms with van der Waals surface area (Å²) in [7, 11) is 1.82. The van der Waals surface area contributed by atoms with Gasteiger partial charge >= 0.3 is 0 Å². The predicted molar refractivity (Wildman–Crippen MR) is 105 cm³/mol. The molecule has 0 aliphatic rings. The van der Waals surface area contributed by atoms with Crippen molar-refractivity contribution in [3.63, 3.8) is 0 Å². The summed E-state index contributed by atoms with van der Waals surface area (Å²) >= 11 is 1.86. The Morgan fingerprint density at radius 2 is 1.65 bits per heavy atom. The number of aliphatic imine (C=N–C) groups is 1. The minimum atomic E-state index is 0. The normalized spacial score (nSPS) is 13.6. The minimum absolute atomic E-state index is 0. The Morgan fingerprint density at radius 1 is 1.10 bits per heavy atom. The molecule has 1 unspecified atom stereocenters. The first-order valence-corrected chi connectivity index (χ1v) is 8.44. The Bertz CT molecular complexity index is 252. The summed E-state index contributed by atoms with van der Waals surface area (Å²) in [6.45, 7) is 14.1. The Labute approximate surface area is 147 Å². The summed E-state index contributed by atoms with van der Waals surface area (Å²) in [5.41, 5.74) is 0. The van der Waals surface area contributed by atoms with Crippen molar-refractivity contribution >= 4 is 41.7 Å². The van der Waals surface area contributed by atoms with Crippen molar-refractivity contribution in [1.29, 1.82) is 0 Å². The molecule has 0 heterocycles. The lowest BCUT2D eigenvalue weighted by Gasteiger charge is -2.30. The zero-order valence-electron chi connectivity index (χ0n) is 14.1. The van der Waals surface area contributed by atoms with Crippen molar-refractivity contribution in [2.75, 3.05) is 32.9 Å². The molecule has 122 valence electrons. The van der Waals surface area contributed by atoms with Gasteiger partial charge in [0.05, 0.1) is 0 Å². The third-order valence-corrected chi connectivity index (χ3v) is 4.14. The van der Waals surface area contributed by atoms with E-state index in [1.165, 1.54) is 0 Å². The molecule has 0 fully saturated rings. The van der Waals surface area contributed by atoms with Gasteiger partial charge < -0.3 is 10.6 Å². The van der Waals surface area contributed by atoms with Crippen LogP contribution in [0.4, 0.5) is 0 Å². The van der Waals surface area contributed by atoms with E-state index >= 15 is 0 Å². The highest BCUT2D eigenvalue weighted by molar-refractivity contribution is 14.0. The zero-order chi connectivity index (χ0) is 14.8. The third-order valence-electron chi connectivity index (χ3n) is 3.17. The van der Waals surface area contributed by atoms with Crippen molar-refractivity contribution in [3.05, 3.63) is 0 Å². The van der Waals surface area contributed by atoms with Crippen molar-refractivity contribution < 1.29 is 0 Å². The van der Waals surface area contributed by atoms with Crippen molar-refractivity contribution in [2.45, 2.75) is 52.0 Å².